The Kier molecular flexibility index (Phi) is 3.09. The van der Waals surface area contributed by atoms with Crippen LogP contribution in [0.5, 0.6) is 17.2 Å². The largest absolute Gasteiger partial charge is 0.454 e. The van der Waals surface area contributed by atoms with Gasteiger partial charge in [-0.2, -0.15) is 0 Å². The quantitative estimate of drug-likeness (QED) is 0.415. The zero-order valence-electron chi connectivity index (χ0n) is 12.1. The molecule has 0 atom stereocenters. The SMILES string of the molecule is O=C(Oc1ccc2c(c1)OCO2)c1ccc2[nH]c(=O)c(=O)[nH]c2c1. The first kappa shape index (κ1) is 14.1. The van der Waals surface area contributed by atoms with E-state index in [0.29, 0.717) is 28.3 Å². The number of benzene rings is 2. The number of esters is 1. The van der Waals surface area contributed by atoms with Crippen molar-refractivity contribution in [1.82, 2.24) is 9.97 Å². The van der Waals surface area contributed by atoms with Crippen molar-refractivity contribution in [3.8, 4) is 17.2 Å². The number of carbonyl (C=O) groups is 1. The molecular weight excluding hydrogens is 316 g/mol. The summed E-state index contributed by atoms with van der Waals surface area (Å²) >= 11 is 0. The molecule has 0 bridgehead atoms. The maximum Gasteiger partial charge on any atom is 0.343 e. The van der Waals surface area contributed by atoms with Crippen LogP contribution in [0.1, 0.15) is 10.4 Å². The Morgan fingerprint density at radius 1 is 0.917 bits per heavy atom. The van der Waals surface area contributed by atoms with Crippen LogP contribution >= 0.6 is 0 Å². The Labute approximate surface area is 133 Å². The highest BCUT2D eigenvalue weighted by atomic mass is 16.7. The van der Waals surface area contributed by atoms with E-state index < -0.39 is 17.1 Å². The third kappa shape index (κ3) is 2.39. The molecule has 0 unspecified atom stereocenters. The smallest absolute Gasteiger partial charge is 0.343 e. The summed E-state index contributed by atoms with van der Waals surface area (Å²) in [6, 6.07) is 9.23. The molecule has 8 heteroatoms. The highest BCUT2D eigenvalue weighted by molar-refractivity contribution is 5.94. The van der Waals surface area contributed by atoms with Crippen molar-refractivity contribution in [3.05, 3.63) is 62.7 Å². The number of hydrogen-bond donors (Lipinski definition) is 2. The van der Waals surface area contributed by atoms with Gasteiger partial charge in [-0.15, -0.1) is 0 Å². The molecule has 2 N–H and O–H groups in total. The lowest BCUT2D eigenvalue weighted by Crippen LogP contribution is -2.29. The molecule has 0 fully saturated rings. The van der Waals surface area contributed by atoms with E-state index in [0.717, 1.165) is 0 Å². The van der Waals surface area contributed by atoms with Gasteiger partial charge in [-0.05, 0) is 30.3 Å². The summed E-state index contributed by atoms with van der Waals surface area (Å²) < 4.78 is 15.7. The van der Waals surface area contributed by atoms with Crippen LogP contribution in [0, 0.1) is 0 Å². The Balaban J connectivity index is 1.64. The van der Waals surface area contributed by atoms with Crippen LogP contribution in [-0.4, -0.2) is 22.7 Å². The molecule has 120 valence electrons. The van der Waals surface area contributed by atoms with Crippen LogP contribution in [-0.2, 0) is 0 Å². The third-order valence-electron chi connectivity index (χ3n) is 3.51. The number of aromatic amines is 2. The molecule has 0 radical (unpaired) electrons. The van der Waals surface area contributed by atoms with Gasteiger partial charge < -0.3 is 24.2 Å². The molecule has 24 heavy (non-hydrogen) atoms. The first-order valence-electron chi connectivity index (χ1n) is 6.98. The lowest BCUT2D eigenvalue weighted by Gasteiger charge is -2.06. The van der Waals surface area contributed by atoms with E-state index in [1.165, 1.54) is 18.2 Å². The topological polar surface area (TPSA) is 110 Å². The lowest BCUT2D eigenvalue weighted by molar-refractivity contribution is 0.0734. The minimum absolute atomic E-state index is 0.128. The maximum atomic E-state index is 12.3. The van der Waals surface area contributed by atoms with Crippen LogP contribution in [0.4, 0.5) is 0 Å². The molecule has 8 nitrogen and oxygen atoms in total. The molecule has 1 aromatic heterocycles. The molecule has 2 aromatic carbocycles. The lowest BCUT2D eigenvalue weighted by atomic mass is 10.2. The summed E-state index contributed by atoms with van der Waals surface area (Å²) in [7, 11) is 0. The second-order valence-corrected chi connectivity index (χ2v) is 5.07. The minimum Gasteiger partial charge on any atom is -0.454 e. The number of hydrogen-bond acceptors (Lipinski definition) is 6. The van der Waals surface area contributed by atoms with Crippen LogP contribution < -0.4 is 25.3 Å². The van der Waals surface area contributed by atoms with Crippen molar-refractivity contribution >= 4 is 17.0 Å². The predicted octanol–water partition coefficient (Wildman–Crippen LogP) is 1.16. The number of nitrogens with one attached hydrogen (secondary N) is 2. The van der Waals surface area contributed by atoms with Crippen molar-refractivity contribution < 1.29 is 19.0 Å². The molecule has 3 aromatic rings. The molecule has 1 aliphatic heterocycles. The van der Waals surface area contributed by atoms with E-state index in [9.17, 15) is 14.4 Å². The van der Waals surface area contributed by atoms with Gasteiger partial charge in [-0.25, -0.2) is 4.79 Å². The summed E-state index contributed by atoms with van der Waals surface area (Å²) in [5, 5.41) is 0. The fraction of sp³-hybridized carbons (Fsp3) is 0.0625. The number of fused-ring (bicyclic) bond motifs is 2. The molecule has 0 amide bonds. The molecule has 4 rings (SSSR count). The molecule has 0 saturated carbocycles. The summed E-state index contributed by atoms with van der Waals surface area (Å²) in [5.41, 5.74) is -0.566. The monoisotopic (exact) mass is 326 g/mol. The Bertz CT molecular complexity index is 1080. The van der Waals surface area contributed by atoms with Gasteiger partial charge in [0.1, 0.15) is 5.75 Å². The van der Waals surface area contributed by atoms with Gasteiger partial charge in [0.25, 0.3) is 0 Å². The fourth-order valence-corrected chi connectivity index (χ4v) is 2.35. The Morgan fingerprint density at radius 3 is 2.50 bits per heavy atom. The predicted molar refractivity (Wildman–Crippen MR) is 82.7 cm³/mol. The van der Waals surface area contributed by atoms with Crippen molar-refractivity contribution in [3.63, 3.8) is 0 Å². The minimum atomic E-state index is -0.788. The van der Waals surface area contributed by atoms with E-state index >= 15 is 0 Å². The van der Waals surface area contributed by atoms with Gasteiger partial charge in [0, 0.05) is 6.07 Å². The zero-order valence-corrected chi connectivity index (χ0v) is 12.1. The highest BCUT2D eigenvalue weighted by Crippen LogP contribution is 2.35. The fourth-order valence-electron chi connectivity index (χ4n) is 2.35. The first-order valence-corrected chi connectivity index (χ1v) is 6.98. The number of carbonyl (C=O) groups excluding carboxylic acids is 1. The van der Waals surface area contributed by atoms with Gasteiger partial charge >= 0.3 is 17.1 Å². The number of aromatic nitrogens is 2. The Hall–Kier alpha value is -3.55. The molecule has 0 saturated heterocycles. The van der Waals surface area contributed by atoms with Crippen molar-refractivity contribution in [2.75, 3.05) is 6.79 Å². The number of rotatable bonds is 2. The summed E-state index contributed by atoms with van der Waals surface area (Å²) in [6.07, 6.45) is 0. The van der Waals surface area contributed by atoms with Crippen LogP contribution in [0.25, 0.3) is 11.0 Å². The normalized spacial score (nSPS) is 12.3. The summed E-state index contributed by atoms with van der Waals surface area (Å²) in [6.45, 7) is 0.128. The first-order chi connectivity index (χ1) is 11.6. The molecule has 1 aliphatic rings. The molecular formula is C16H10N2O6. The van der Waals surface area contributed by atoms with E-state index in [4.69, 9.17) is 14.2 Å². The second kappa shape index (κ2) is 5.27. The van der Waals surface area contributed by atoms with Gasteiger partial charge in [0.15, 0.2) is 11.5 Å². The average molecular weight is 326 g/mol. The van der Waals surface area contributed by atoms with Crippen LogP contribution in [0.3, 0.4) is 0 Å². The standard InChI is InChI=1S/C16H10N2O6/c19-14-15(20)18-11-5-8(1-3-10(11)17-14)16(21)24-9-2-4-12-13(6-9)23-7-22-12/h1-6H,7H2,(H,17,19)(H,18,20). The molecule has 2 heterocycles. The van der Waals surface area contributed by atoms with Crippen molar-refractivity contribution in [2.24, 2.45) is 0 Å². The van der Waals surface area contributed by atoms with Crippen molar-refractivity contribution in [1.29, 1.82) is 0 Å². The zero-order chi connectivity index (χ0) is 16.7. The van der Waals surface area contributed by atoms with Gasteiger partial charge in [-0.3, -0.25) is 9.59 Å². The average Bonchev–Trinajstić information content (AvgIpc) is 3.03. The molecule has 0 aliphatic carbocycles. The number of ether oxygens (including phenoxy) is 3. The van der Waals surface area contributed by atoms with E-state index in [1.54, 1.807) is 18.2 Å². The van der Waals surface area contributed by atoms with E-state index in [1.807, 2.05) is 0 Å². The highest BCUT2D eigenvalue weighted by Gasteiger charge is 2.16. The second-order valence-electron chi connectivity index (χ2n) is 5.07. The van der Waals surface area contributed by atoms with Crippen molar-refractivity contribution in [2.45, 2.75) is 0 Å². The van der Waals surface area contributed by atoms with Gasteiger partial charge in [0.05, 0.1) is 16.6 Å². The van der Waals surface area contributed by atoms with Crippen LogP contribution in [0.2, 0.25) is 0 Å². The van der Waals surface area contributed by atoms with E-state index in [-0.39, 0.29) is 12.4 Å². The summed E-state index contributed by atoms with van der Waals surface area (Å²) in [5.74, 6) is 0.782. The third-order valence-corrected chi connectivity index (χ3v) is 3.51. The van der Waals surface area contributed by atoms with E-state index in [2.05, 4.69) is 9.97 Å². The maximum absolute atomic E-state index is 12.3. The van der Waals surface area contributed by atoms with Gasteiger partial charge in [-0.1, -0.05) is 0 Å². The molecule has 0 spiro atoms. The van der Waals surface area contributed by atoms with Gasteiger partial charge in [0.2, 0.25) is 6.79 Å². The summed E-state index contributed by atoms with van der Waals surface area (Å²) in [4.78, 5) is 39.7. The Morgan fingerprint density at radius 2 is 1.67 bits per heavy atom. The number of H-pyrrole nitrogens is 2. The van der Waals surface area contributed by atoms with Crippen LogP contribution in [0.15, 0.2) is 46.0 Å².